The summed E-state index contributed by atoms with van der Waals surface area (Å²) in [5, 5.41) is 3.75. The molecule has 3 atom stereocenters. The van der Waals surface area contributed by atoms with Gasteiger partial charge in [-0.3, -0.25) is 0 Å². The van der Waals surface area contributed by atoms with E-state index < -0.39 is 0 Å². The van der Waals surface area contributed by atoms with Gasteiger partial charge in [0.15, 0.2) is 0 Å². The van der Waals surface area contributed by atoms with Crippen molar-refractivity contribution >= 4 is 0 Å². The summed E-state index contributed by atoms with van der Waals surface area (Å²) in [4.78, 5) is 0. The Morgan fingerprint density at radius 1 is 1.36 bits per heavy atom. The maximum Gasteiger partial charge on any atom is 0.00771 e. The highest BCUT2D eigenvalue weighted by atomic mass is 14.9. The molecule has 1 aliphatic rings. The summed E-state index contributed by atoms with van der Waals surface area (Å²) in [5.74, 6) is 0.889. The Labute approximate surface area is 89.7 Å². The van der Waals surface area contributed by atoms with Crippen LogP contribution in [0.4, 0.5) is 0 Å². The van der Waals surface area contributed by atoms with E-state index >= 15 is 0 Å². The molecule has 0 radical (unpaired) electrons. The van der Waals surface area contributed by atoms with E-state index in [2.05, 4.69) is 39.9 Å². The van der Waals surface area contributed by atoms with E-state index in [1.807, 2.05) is 0 Å². The number of hydrogen-bond acceptors (Lipinski definition) is 1. The molecule has 0 unspecified atom stereocenters. The third kappa shape index (κ3) is 3.61. The highest BCUT2D eigenvalue weighted by Crippen LogP contribution is 2.38. The van der Waals surface area contributed by atoms with Crippen molar-refractivity contribution in [1.29, 1.82) is 0 Å². The molecule has 0 aliphatic heterocycles. The molecule has 0 bridgehead atoms. The Kier molecular flexibility index (Phi) is 4.00. The first-order valence-corrected chi connectivity index (χ1v) is 6.19. The van der Waals surface area contributed by atoms with Gasteiger partial charge in [-0.05, 0) is 43.9 Å². The van der Waals surface area contributed by atoms with Crippen molar-refractivity contribution in [3.63, 3.8) is 0 Å². The van der Waals surface area contributed by atoms with Crippen molar-refractivity contribution in [1.82, 2.24) is 5.32 Å². The van der Waals surface area contributed by atoms with Gasteiger partial charge in [-0.2, -0.15) is 0 Å². The van der Waals surface area contributed by atoms with E-state index in [1.54, 1.807) is 0 Å². The molecule has 1 rings (SSSR count). The van der Waals surface area contributed by atoms with E-state index in [9.17, 15) is 0 Å². The fourth-order valence-corrected chi connectivity index (χ4v) is 2.99. The van der Waals surface area contributed by atoms with Crippen LogP contribution in [0.2, 0.25) is 0 Å². The van der Waals surface area contributed by atoms with Crippen LogP contribution in [0.15, 0.2) is 0 Å². The summed E-state index contributed by atoms with van der Waals surface area (Å²) in [7, 11) is 0. The normalized spacial score (nSPS) is 34.1. The highest BCUT2D eigenvalue weighted by molar-refractivity contribution is 4.87. The summed E-state index contributed by atoms with van der Waals surface area (Å²) >= 11 is 0. The molecule has 14 heavy (non-hydrogen) atoms. The minimum Gasteiger partial charge on any atom is -0.311 e. The van der Waals surface area contributed by atoms with Gasteiger partial charge in [0.2, 0.25) is 0 Å². The molecule has 0 spiro atoms. The van der Waals surface area contributed by atoms with Crippen LogP contribution in [-0.2, 0) is 0 Å². The van der Waals surface area contributed by atoms with Crippen molar-refractivity contribution < 1.29 is 0 Å². The van der Waals surface area contributed by atoms with Crippen molar-refractivity contribution in [3.05, 3.63) is 0 Å². The summed E-state index contributed by atoms with van der Waals surface area (Å²) in [6.45, 7) is 11.8. The molecule has 0 heterocycles. The molecule has 84 valence electrons. The lowest BCUT2D eigenvalue weighted by molar-refractivity contribution is 0.145. The number of rotatable bonds is 3. The number of nitrogens with one attached hydrogen (secondary N) is 1. The van der Waals surface area contributed by atoms with Gasteiger partial charge in [0.25, 0.3) is 0 Å². The van der Waals surface area contributed by atoms with Gasteiger partial charge in [0, 0.05) is 12.1 Å². The van der Waals surface area contributed by atoms with E-state index in [0.29, 0.717) is 11.5 Å². The molecule has 1 heteroatoms. The van der Waals surface area contributed by atoms with Gasteiger partial charge in [-0.15, -0.1) is 0 Å². The topological polar surface area (TPSA) is 12.0 Å². The molecule has 0 aromatic carbocycles. The van der Waals surface area contributed by atoms with E-state index in [4.69, 9.17) is 0 Å². The standard InChI is InChI=1S/C13H27N/c1-6-11(3)14-12-7-10(2)8-13(4,5)9-12/h10-12,14H,6-9H2,1-5H3/t10-,11+,12+/m0/s1. The second-order valence-electron chi connectivity index (χ2n) is 6.09. The van der Waals surface area contributed by atoms with Crippen LogP contribution in [0.25, 0.3) is 0 Å². The largest absolute Gasteiger partial charge is 0.311 e. The fourth-order valence-electron chi connectivity index (χ4n) is 2.99. The summed E-state index contributed by atoms with van der Waals surface area (Å²) in [5.41, 5.74) is 0.544. The molecule has 0 amide bonds. The van der Waals surface area contributed by atoms with Crippen molar-refractivity contribution in [2.75, 3.05) is 0 Å². The van der Waals surface area contributed by atoms with E-state index in [-0.39, 0.29) is 0 Å². The minimum absolute atomic E-state index is 0.544. The molecule has 1 N–H and O–H groups in total. The molecule has 1 aliphatic carbocycles. The molecular formula is C13H27N. The zero-order chi connectivity index (χ0) is 10.8. The average Bonchev–Trinajstić information content (AvgIpc) is 1.99. The predicted molar refractivity (Wildman–Crippen MR) is 63.5 cm³/mol. The van der Waals surface area contributed by atoms with Crippen LogP contribution >= 0.6 is 0 Å². The molecule has 1 nitrogen and oxygen atoms in total. The van der Waals surface area contributed by atoms with Gasteiger partial charge >= 0.3 is 0 Å². The van der Waals surface area contributed by atoms with Crippen LogP contribution in [0, 0.1) is 11.3 Å². The van der Waals surface area contributed by atoms with Crippen molar-refractivity contribution in [3.8, 4) is 0 Å². The van der Waals surface area contributed by atoms with Gasteiger partial charge in [0.1, 0.15) is 0 Å². The maximum atomic E-state index is 3.75. The Hall–Kier alpha value is -0.0400. The molecule has 1 fully saturated rings. The summed E-state index contributed by atoms with van der Waals surface area (Å²) < 4.78 is 0. The zero-order valence-corrected chi connectivity index (χ0v) is 10.6. The maximum absolute atomic E-state index is 3.75. The van der Waals surface area contributed by atoms with Crippen LogP contribution in [0.1, 0.15) is 60.3 Å². The van der Waals surface area contributed by atoms with Crippen LogP contribution in [0.5, 0.6) is 0 Å². The monoisotopic (exact) mass is 197 g/mol. The van der Waals surface area contributed by atoms with E-state index in [1.165, 1.54) is 25.7 Å². The third-order valence-electron chi connectivity index (χ3n) is 3.52. The smallest absolute Gasteiger partial charge is 0.00771 e. The highest BCUT2D eigenvalue weighted by Gasteiger charge is 2.31. The molecule has 1 saturated carbocycles. The Morgan fingerprint density at radius 3 is 2.50 bits per heavy atom. The van der Waals surface area contributed by atoms with Crippen molar-refractivity contribution in [2.24, 2.45) is 11.3 Å². The fraction of sp³-hybridized carbons (Fsp3) is 1.00. The second-order valence-corrected chi connectivity index (χ2v) is 6.09. The Bertz CT molecular complexity index is 174. The number of hydrogen-bond donors (Lipinski definition) is 1. The van der Waals surface area contributed by atoms with Gasteiger partial charge in [-0.1, -0.05) is 27.7 Å². The SMILES string of the molecule is CC[C@@H](C)N[C@@H]1C[C@H](C)CC(C)(C)C1. The second kappa shape index (κ2) is 4.65. The van der Waals surface area contributed by atoms with Gasteiger partial charge in [-0.25, -0.2) is 0 Å². The molecular weight excluding hydrogens is 170 g/mol. The van der Waals surface area contributed by atoms with E-state index in [0.717, 1.165) is 12.0 Å². The third-order valence-corrected chi connectivity index (χ3v) is 3.52. The zero-order valence-electron chi connectivity index (χ0n) is 10.6. The molecule has 0 aromatic rings. The van der Waals surface area contributed by atoms with Crippen LogP contribution < -0.4 is 5.32 Å². The minimum atomic E-state index is 0.544. The average molecular weight is 197 g/mol. The lowest BCUT2D eigenvalue weighted by Crippen LogP contribution is -2.43. The van der Waals surface area contributed by atoms with Crippen LogP contribution in [0.3, 0.4) is 0 Å². The first kappa shape index (κ1) is 12.0. The van der Waals surface area contributed by atoms with Crippen molar-refractivity contribution in [2.45, 2.75) is 72.4 Å². The first-order chi connectivity index (χ1) is 6.43. The predicted octanol–water partition coefficient (Wildman–Crippen LogP) is 3.59. The Balaban J connectivity index is 2.45. The summed E-state index contributed by atoms with van der Waals surface area (Å²) in [6.07, 6.45) is 5.35. The summed E-state index contributed by atoms with van der Waals surface area (Å²) in [6, 6.07) is 1.43. The molecule has 0 aromatic heterocycles. The molecule has 0 saturated heterocycles. The first-order valence-electron chi connectivity index (χ1n) is 6.19. The lowest BCUT2D eigenvalue weighted by Gasteiger charge is -2.40. The Morgan fingerprint density at radius 2 is 2.00 bits per heavy atom. The lowest BCUT2D eigenvalue weighted by atomic mass is 9.70. The van der Waals surface area contributed by atoms with Crippen LogP contribution in [-0.4, -0.2) is 12.1 Å². The van der Waals surface area contributed by atoms with Gasteiger partial charge < -0.3 is 5.32 Å². The van der Waals surface area contributed by atoms with Gasteiger partial charge in [0.05, 0.1) is 0 Å². The quantitative estimate of drug-likeness (QED) is 0.729.